The molecule has 1 N–H and O–H groups in total. The van der Waals surface area contributed by atoms with Crippen LogP contribution in [0.4, 0.5) is 0 Å². The number of sulfone groups is 1. The van der Waals surface area contributed by atoms with E-state index in [1.54, 1.807) is 6.07 Å². The Kier molecular flexibility index (Phi) is 7.34. The quantitative estimate of drug-likeness (QED) is 0.685. The van der Waals surface area contributed by atoms with E-state index in [9.17, 15) is 18.0 Å². The van der Waals surface area contributed by atoms with E-state index in [1.165, 1.54) is 25.1 Å². The number of hydrogen-bond acceptors (Lipinski definition) is 5. The van der Waals surface area contributed by atoms with Gasteiger partial charge in [-0.2, -0.15) is 0 Å². The predicted molar refractivity (Wildman–Crippen MR) is 107 cm³/mol. The first kappa shape index (κ1) is 21.6. The van der Waals surface area contributed by atoms with Gasteiger partial charge in [0.2, 0.25) is 0 Å². The van der Waals surface area contributed by atoms with Crippen molar-refractivity contribution in [2.75, 3.05) is 12.8 Å². The molecule has 0 bridgehead atoms. The fourth-order valence-electron chi connectivity index (χ4n) is 2.83. The van der Waals surface area contributed by atoms with Gasteiger partial charge in [0.05, 0.1) is 10.5 Å². The molecule has 0 spiro atoms. The summed E-state index contributed by atoms with van der Waals surface area (Å²) in [4.78, 5) is 24.6. The normalized spacial score (nSPS) is 13.4. The topological polar surface area (TPSA) is 89.5 Å². The Morgan fingerprint density at radius 1 is 1.04 bits per heavy atom. The van der Waals surface area contributed by atoms with Crippen molar-refractivity contribution in [2.45, 2.75) is 37.2 Å². The fourth-order valence-corrected chi connectivity index (χ4v) is 3.70. The van der Waals surface area contributed by atoms with Crippen LogP contribution >= 0.6 is 0 Å². The molecule has 0 aliphatic rings. The molecule has 0 aliphatic carbocycles. The van der Waals surface area contributed by atoms with Gasteiger partial charge in [0, 0.05) is 18.7 Å². The average molecular weight is 404 g/mol. The Bertz CT molecular complexity index is 925. The van der Waals surface area contributed by atoms with Gasteiger partial charge in [0.1, 0.15) is 0 Å². The second-order valence-corrected chi connectivity index (χ2v) is 8.56. The lowest BCUT2D eigenvalue weighted by Crippen LogP contribution is -2.38. The van der Waals surface area contributed by atoms with Crippen molar-refractivity contribution in [3.05, 3.63) is 65.7 Å². The van der Waals surface area contributed by atoms with E-state index in [1.807, 2.05) is 37.3 Å². The second kappa shape index (κ2) is 9.50. The molecule has 0 heterocycles. The highest BCUT2D eigenvalue weighted by Gasteiger charge is 2.24. The van der Waals surface area contributed by atoms with Crippen LogP contribution in [-0.2, 0) is 19.4 Å². The molecule has 0 saturated heterocycles. The lowest BCUT2D eigenvalue weighted by molar-refractivity contribution is -0.129. The monoisotopic (exact) mass is 403 g/mol. The molecule has 1 amide bonds. The zero-order valence-corrected chi connectivity index (χ0v) is 17.0. The van der Waals surface area contributed by atoms with Crippen LogP contribution in [0.25, 0.3) is 0 Å². The number of benzene rings is 2. The molecule has 0 aromatic heterocycles. The second-order valence-electron chi connectivity index (χ2n) is 6.58. The van der Waals surface area contributed by atoms with Gasteiger partial charge in [-0.15, -0.1) is 0 Å². The average Bonchev–Trinajstić information content (AvgIpc) is 2.68. The summed E-state index contributed by atoms with van der Waals surface area (Å²) in [7, 11) is -3.59. The molecule has 28 heavy (non-hydrogen) atoms. The molecule has 6 nitrogen and oxygen atoms in total. The maximum atomic E-state index is 12.4. The number of carbonyl (C=O) groups excluding carboxylic acids is 2. The van der Waals surface area contributed by atoms with E-state index in [4.69, 9.17) is 4.74 Å². The first-order valence-electron chi connectivity index (χ1n) is 9.06. The van der Waals surface area contributed by atoms with Gasteiger partial charge in [0.15, 0.2) is 15.9 Å². The van der Waals surface area contributed by atoms with Crippen molar-refractivity contribution in [2.24, 2.45) is 0 Å². The minimum atomic E-state index is -3.59. The van der Waals surface area contributed by atoms with Crippen molar-refractivity contribution in [3.63, 3.8) is 0 Å². The molecule has 2 atom stereocenters. The molecular formula is C21H25NO5S. The van der Waals surface area contributed by atoms with Crippen molar-refractivity contribution in [1.29, 1.82) is 0 Å². The molecule has 0 saturated carbocycles. The van der Waals surface area contributed by atoms with Crippen LogP contribution in [-0.4, -0.2) is 39.2 Å². The van der Waals surface area contributed by atoms with Gasteiger partial charge in [-0.1, -0.05) is 49.4 Å². The number of ether oxygens (including phenoxy) is 1. The molecule has 0 fully saturated rings. The Labute approximate surface area is 165 Å². The highest BCUT2D eigenvalue weighted by Crippen LogP contribution is 2.19. The molecule has 0 unspecified atom stereocenters. The minimum Gasteiger partial charge on any atom is -0.449 e. The third-order valence-corrected chi connectivity index (χ3v) is 5.60. The zero-order chi connectivity index (χ0) is 20.7. The lowest BCUT2D eigenvalue weighted by atomic mass is 9.96. The number of nitrogens with one attached hydrogen (secondary N) is 1. The Hall–Kier alpha value is -2.67. The van der Waals surface area contributed by atoms with Crippen LogP contribution in [0.15, 0.2) is 59.5 Å². The lowest BCUT2D eigenvalue weighted by Gasteiger charge is -2.19. The highest BCUT2D eigenvalue weighted by molar-refractivity contribution is 7.90. The van der Waals surface area contributed by atoms with Gasteiger partial charge >= 0.3 is 5.97 Å². The summed E-state index contributed by atoms with van der Waals surface area (Å²) in [6.07, 6.45) is 0.817. The van der Waals surface area contributed by atoms with E-state index in [2.05, 4.69) is 5.32 Å². The van der Waals surface area contributed by atoms with Crippen LogP contribution in [0, 0.1) is 0 Å². The third-order valence-electron chi connectivity index (χ3n) is 4.45. The molecule has 7 heteroatoms. The molecular weight excluding hydrogens is 378 g/mol. The highest BCUT2D eigenvalue weighted by atomic mass is 32.2. The number of carbonyl (C=O) groups is 2. The van der Waals surface area contributed by atoms with Crippen molar-refractivity contribution in [1.82, 2.24) is 5.32 Å². The van der Waals surface area contributed by atoms with Gasteiger partial charge in [-0.25, -0.2) is 13.2 Å². The van der Waals surface area contributed by atoms with Gasteiger partial charge in [-0.05, 0) is 31.0 Å². The number of esters is 1. The summed E-state index contributed by atoms with van der Waals surface area (Å²) in [6.45, 7) is 3.91. The van der Waals surface area contributed by atoms with Crippen LogP contribution < -0.4 is 5.32 Å². The SMILES string of the molecule is CC[C@H](CNC(=O)[C@@H](C)OC(=O)c1ccccc1S(C)(=O)=O)c1ccccc1. The Morgan fingerprint density at radius 2 is 1.64 bits per heavy atom. The maximum absolute atomic E-state index is 12.4. The molecule has 0 radical (unpaired) electrons. The van der Waals surface area contributed by atoms with Crippen molar-refractivity contribution in [3.8, 4) is 0 Å². The summed E-state index contributed by atoms with van der Waals surface area (Å²) in [5, 5.41) is 2.80. The van der Waals surface area contributed by atoms with Crippen molar-refractivity contribution < 1.29 is 22.7 Å². The molecule has 150 valence electrons. The summed E-state index contributed by atoms with van der Waals surface area (Å²) in [5.74, 6) is -1.13. The number of rotatable bonds is 8. The molecule has 0 aliphatic heterocycles. The summed E-state index contributed by atoms with van der Waals surface area (Å²) < 4.78 is 28.9. The van der Waals surface area contributed by atoms with Crippen LogP contribution in [0.2, 0.25) is 0 Å². The van der Waals surface area contributed by atoms with Crippen LogP contribution in [0.3, 0.4) is 0 Å². The number of hydrogen-bond donors (Lipinski definition) is 1. The molecule has 2 aromatic rings. The van der Waals surface area contributed by atoms with Crippen molar-refractivity contribution >= 4 is 21.7 Å². The third kappa shape index (κ3) is 5.66. The predicted octanol–water partition coefficient (Wildman–Crippen LogP) is 2.95. The maximum Gasteiger partial charge on any atom is 0.340 e. The molecule has 2 rings (SSSR count). The van der Waals surface area contributed by atoms with E-state index in [0.717, 1.165) is 18.2 Å². The first-order valence-corrected chi connectivity index (χ1v) is 11.0. The zero-order valence-electron chi connectivity index (χ0n) is 16.2. The van der Waals surface area contributed by atoms with E-state index in [-0.39, 0.29) is 16.4 Å². The van der Waals surface area contributed by atoms with Crippen LogP contribution in [0.5, 0.6) is 0 Å². The number of amides is 1. The van der Waals surface area contributed by atoms with E-state index < -0.39 is 27.8 Å². The van der Waals surface area contributed by atoms with E-state index >= 15 is 0 Å². The Morgan fingerprint density at radius 3 is 2.25 bits per heavy atom. The van der Waals surface area contributed by atoms with Gasteiger partial charge in [-0.3, -0.25) is 4.79 Å². The van der Waals surface area contributed by atoms with Gasteiger partial charge in [0.25, 0.3) is 5.91 Å². The van der Waals surface area contributed by atoms with E-state index in [0.29, 0.717) is 6.54 Å². The summed E-state index contributed by atoms with van der Waals surface area (Å²) in [6, 6.07) is 15.6. The summed E-state index contributed by atoms with van der Waals surface area (Å²) >= 11 is 0. The smallest absolute Gasteiger partial charge is 0.340 e. The first-order chi connectivity index (χ1) is 13.2. The fraction of sp³-hybridized carbons (Fsp3) is 0.333. The standard InChI is InChI=1S/C21H25NO5S/c1-4-16(17-10-6-5-7-11-17)14-22-20(23)15(2)27-21(24)18-12-8-9-13-19(18)28(3,25)26/h5-13,15-16H,4,14H2,1-3H3,(H,22,23)/t15-,16-/m1/s1. The molecule has 2 aromatic carbocycles. The summed E-state index contributed by atoms with van der Waals surface area (Å²) in [5.41, 5.74) is 1.04. The largest absolute Gasteiger partial charge is 0.449 e. The Balaban J connectivity index is 2.00. The van der Waals surface area contributed by atoms with Gasteiger partial charge < -0.3 is 10.1 Å². The van der Waals surface area contributed by atoms with Crippen LogP contribution in [0.1, 0.15) is 42.1 Å². The minimum absolute atomic E-state index is 0.0830.